The number of allylic oxidation sites excluding steroid dienone is 1. The maximum atomic E-state index is 10.9. The van der Waals surface area contributed by atoms with Crippen LogP contribution in [0.4, 0.5) is 0 Å². The van der Waals surface area contributed by atoms with E-state index in [-0.39, 0.29) is 10.3 Å². The molecular weight excluding hydrogens is 198 g/mol. The minimum Gasteiger partial charge on any atom is -0.258 e. The highest BCUT2D eigenvalue weighted by Gasteiger charge is 2.33. The summed E-state index contributed by atoms with van der Waals surface area (Å²) in [4.78, 5) is 4.03. The predicted octanol–water partition coefficient (Wildman–Crippen LogP) is 1.90. The lowest BCUT2D eigenvalue weighted by Crippen LogP contribution is -2.28. The van der Waals surface area contributed by atoms with Crippen LogP contribution in [-0.4, -0.2) is 14.1 Å². The van der Waals surface area contributed by atoms with Crippen molar-refractivity contribution in [3.05, 3.63) is 11.1 Å². The summed E-state index contributed by atoms with van der Waals surface area (Å²) in [7, 11) is 1.56. The van der Waals surface area contributed by atoms with Crippen LogP contribution in [0.15, 0.2) is 16.1 Å². The molecule has 1 rings (SSSR count). The van der Waals surface area contributed by atoms with Gasteiger partial charge in [-0.05, 0) is 0 Å². The molecule has 0 fully saturated rings. The van der Waals surface area contributed by atoms with E-state index in [2.05, 4.69) is 4.99 Å². The molecule has 0 amide bonds. The van der Waals surface area contributed by atoms with Gasteiger partial charge in [0, 0.05) is 22.3 Å². The highest BCUT2D eigenvalue weighted by Crippen LogP contribution is 2.31. The summed E-state index contributed by atoms with van der Waals surface area (Å²) in [6, 6.07) is 0. The maximum Gasteiger partial charge on any atom is 0.264 e. The van der Waals surface area contributed by atoms with Gasteiger partial charge < -0.3 is 0 Å². The minimum atomic E-state index is -3.60. The van der Waals surface area contributed by atoms with Crippen molar-refractivity contribution in [2.75, 3.05) is 0 Å². The van der Waals surface area contributed by atoms with Crippen LogP contribution in [0.1, 0.15) is 20.8 Å². The molecule has 3 nitrogen and oxygen atoms in total. The molecule has 0 aromatic heterocycles. The first-order chi connectivity index (χ1) is 5.23. The first-order valence-electron chi connectivity index (χ1n) is 3.46. The van der Waals surface area contributed by atoms with Crippen LogP contribution in [0.25, 0.3) is 0 Å². The molecule has 1 aliphatic heterocycles. The molecular formula is C7H10ClNO2S. The zero-order valence-electron chi connectivity index (χ0n) is 7.13. The van der Waals surface area contributed by atoms with Gasteiger partial charge in [-0.2, -0.15) is 0 Å². The molecule has 5 heteroatoms. The fourth-order valence-electron chi connectivity index (χ4n) is 0.923. The number of aliphatic imine (C=N–C) groups is 1. The molecule has 0 atom stereocenters. The second-order valence-electron chi connectivity index (χ2n) is 3.66. The van der Waals surface area contributed by atoms with Gasteiger partial charge >= 0.3 is 0 Å². The monoisotopic (exact) mass is 207 g/mol. The molecule has 0 radical (unpaired) electrons. The Hall–Kier alpha value is -0.350. The van der Waals surface area contributed by atoms with Gasteiger partial charge in [-0.3, -0.25) is 4.99 Å². The van der Waals surface area contributed by atoms with E-state index in [0.717, 1.165) is 0 Å². The summed E-state index contributed by atoms with van der Waals surface area (Å²) in [5, 5.41) is 0. The van der Waals surface area contributed by atoms with Gasteiger partial charge in [-0.1, -0.05) is 20.8 Å². The minimum absolute atomic E-state index is 0.150. The van der Waals surface area contributed by atoms with Crippen LogP contribution in [0.2, 0.25) is 0 Å². The molecule has 1 aliphatic rings. The van der Waals surface area contributed by atoms with Crippen LogP contribution in [0.3, 0.4) is 0 Å². The molecule has 0 unspecified atom stereocenters. The van der Waals surface area contributed by atoms with Crippen LogP contribution >= 0.6 is 10.7 Å². The molecule has 0 bridgehead atoms. The van der Waals surface area contributed by atoms with E-state index in [1.54, 1.807) is 0 Å². The summed E-state index contributed by atoms with van der Waals surface area (Å²) < 4.78 is 21.8. The van der Waals surface area contributed by atoms with Crippen molar-refractivity contribution in [1.29, 1.82) is 0 Å². The average molecular weight is 208 g/mol. The van der Waals surface area contributed by atoms with Gasteiger partial charge in [0.25, 0.3) is 9.05 Å². The summed E-state index contributed by atoms with van der Waals surface area (Å²) in [6.07, 6.45) is 1.28. The zero-order chi connectivity index (χ0) is 9.57. The van der Waals surface area contributed by atoms with E-state index in [1.165, 1.54) is 6.20 Å². The van der Waals surface area contributed by atoms with Gasteiger partial charge in [-0.15, -0.1) is 0 Å². The van der Waals surface area contributed by atoms with E-state index in [9.17, 15) is 8.42 Å². The molecule has 0 aromatic carbocycles. The predicted molar refractivity (Wildman–Crippen MR) is 49.7 cm³/mol. The molecule has 0 saturated heterocycles. The molecule has 12 heavy (non-hydrogen) atoms. The Morgan fingerprint density at radius 1 is 1.42 bits per heavy atom. The van der Waals surface area contributed by atoms with E-state index in [4.69, 9.17) is 10.7 Å². The zero-order valence-corrected chi connectivity index (χ0v) is 8.70. The Labute approximate surface area is 76.6 Å². The van der Waals surface area contributed by atoms with Gasteiger partial charge in [0.05, 0.1) is 5.71 Å². The number of rotatable bonds is 1. The lowest BCUT2D eigenvalue weighted by molar-refractivity contribution is 0.584. The average Bonchev–Trinajstić information content (AvgIpc) is 1.46. The van der Waals surface area contributed by atoms with E-state index < -0.39 is 9.05 Å². The standard InChI is InChI=1S/C7H10ClNO2S/c1-7(2,3)6-5(4-9-6)12(8,10)11/h4H,1-3H3. The lowest BCUT2D eigenvalue weighted by Gasteiger charge is -2.25. The maximum absolute atomic E-state index is 10.9. The molecule has 0 N–H and O–H groups in total. The van der Waals surface area contributed by atoms with Gasteiger partial charge in [0.15, 0.2) is 0 Å². The number of halogens is 1. The lowest BCUT2D eigenvalue weighted by atomic mass is 9.88. The summed E-state index contributed by atoms with van der Waals surface area (Å²) in [5.41, 5.74) is 0.295. The van der Waals surface area contributed by atoms with Crippen molar-refractivity contribution < 1.29 is 8.42 Å². The third-order valence-corrected chi connectivity index (χ3v) is 2.84. The quantitative estimate of drug-likeness (QED) is 0.617. The van der Waals surface area contributed by atoms with Crippen molar-refractivity contribution in [2.24, 2.45) is 10.4 Å². The van der Waals surface area contributed by atoms with E-state index in [0.29, 0.717) is 5.71 Å². The second-order valence-corrected chi connectivity index (χ2v) is 6.19. The Balaban J connectivity index is 2.94. The normalized spacial score (nSPS) is 18.0. The first kappa shape index (κ1) is 9.74. The Morgan fingerprint density at radius 3 is 2.00 bits per heavy atom. The van der Waals surface area contributed by atoms with E-state index >= 15 is 0 Å². The molecule has 0 aliphatic carbocycles. The van der Waals surface area contributed by atoms with Crippen molar-refractivity contribution in [1.82, 2.24) is 0 Å². The summed E-state index contributed by atoms with van der Waals surface area (Å²) >= 11 is 0. The van der Waals surface area contributed by atoms with Crippen molar-refractivity contribution >= 4 is 25.4 Å². The molecule has 68 valence electrons. The third kappa shape index (κ3) is 1.69. The Morgan fingerprint density at radius 2 is 1.92 bits per heavy atom. The van der Waals surface area contributed by atoms with Crippen molar-refractivity contribution in [3.8, 4) is 0 Å². The van der Waals surface area contributed by atoms with Gasteiger partial charge in [-0.25, -0.2) is 8.42 Å². The largest absolute Gasteiger partial charge is 0.264 e. The Bertz CT molecular complexity index is 359. The molecule has 0 spiro atoms. The van der Waals surface area contributed by atoms with Crippen LogP contribution in [0, 0.1) is 5.41 Å². The summed E-state index contributed by atoms with van der Waals surface area (Å²) in [6.45, 7) is 5.67. The van der Waals surface area contributed by atoms with Crippen molar-refractivity contribution in [3.63, 3.8) is 0 Å². The van der Waals surface area contributed by atoms with Gasteiger partial charge in [0.2, 0.25) is 0 Å². The number of nitrogens with zero attached hydrogens (tertiary/aromatic N) is 1. The topological polar surface area (TPSA) is 46.5 Å². The fraction of sp³-hybridized carbons (Fsp3) is 0.571. The van der Waals surface area contributed by atoms with Crippen LogP contribution in [0.5, 0.6) is 0 Å². The fourth-order valence-corrected chi connectivity index (χ4v) is 2.03. The number of hydrogen-bond donors (Lipinski definition) is 0. The van der Waals surface area contributed by atoms with Crippen LogP contribution < -0.4 is 0 Å². The highest BCUT2D eigenvalue weighted by atomic mass is 35.7. The smallest absolute Gasteiger partial charge is 0.258 e. The highest BCUT2D eigenvalue weighted by molar-refractivity contribution is 8.17. The molecule has 1 heterocycles. The van der Waals surface area contributed by atoms with E-state index in [1.807, 2.05) is 20.8 Å². The second kappa shape index (κ2) is 2.57. The number of hydrogen-bond acceptors (Lipinski definition) is 3. The molecule has 0 aromatic rings. The van der Waals surface area contributed by atoms with Crippen molar-refractivity contribution in [2.45, 2.75) is 20.8 Å². The molecule has 0 saturated carbocycles. The SMILES string of the molecule is CC(C)(C)C1=NC=C1S(=O)(=O)Cl. The third-order valence-electron chi connectivity index (χ3n) is 1.52. The first-order valence-corrected chi connectivity index (χ1v) is 5.77. The van der Waals surface area contributed by atoms with Crippen LogP contribution in [-0.2, 0) is 9.05 Å². The summed E-state index contributed by atoms with van der Waals surface area (Å²) in [5.74, 6) is 0. The Kier molecular flexibility index (Phi) is 2.08. The van der Waals surface area contributed by atoms with Gasteiger partial charge in [0.1, 0.15) is 4.91 Å².